The molecule has 2 nitrogen and oxygen atoms in total. The molecule has 1 aliphatic rings. The van der Waals surface area contributed by atoms with Crippen LogP contribution in [0.15, 0.2) is 5.10 Å². The Morgan fingerprint density at radius 1 is 1.50 bits per heavy atom. The Morgan fingerprint density at radius 3 is 2.58 bits per heavy atom. The highest BCUT2D eigenvalue weighted by Crippen LogP contribution is 2.30. The molecule has 1 aliphatic heterocycles. The first-order valence-electron chi connectivity index (χ1n) is 3.24. The third-order valence-corrected chi connectivity index (χ3v) is 1.31. The summed E-state index contributed by atoms with van der Waals surface area (Å²) in [4.78, 5) is 0. The molecule has 1 rings (SSSR count). The van der Waals surface area contributed by atoms with Crippen LogP contribution >= 0.6 is 0 Å². The van der Waals surface area contributed by atoms with Gasteiger partial charge in [0.25, 0.3) is 0 Å². The van der Waals surface area contributed by atoms with Gasteiger partial charge >= 0.3 is 6.18 Å². The van der Waals surface area contributed by atoms with E-state index in [0.29, 0.717) is 0 Å². The van der Waals surface area contributed by atoms with Crippen LogP contribution in [0.2, 0.25) is 0 Å². The first kappa shape index (κ1) is 9.28. The quantitative estimate of drug-likeness (QED) is 0.590. The topological polar surface area (TPSA) is 15.6 Å². The Morgan fingerprint density at radius 2 is 2.17 bits per heavy atom. The summed E-state index contributed by atoms with van der Waals surface area (Å²) in [6.45, 7) is -0.0780. The highest BCUT2D eigenvalue weighted by atomic mass is 19.4. The van der Waals surface area contributed by atoms with Crippen molar-refractivity contribution in [3.63, 3.8) is 0 Å². The van der Waals surface area contributed by atoms with Crippen LogP contribution in [0.3, 0.4) is 0 Å². The van der Waals surface area contributed by atoms with Gasteiger partial charge in [-0.2, -0.15) is 18.3 Å². The van der Waals surface area contributed by atoms with E-state index in [4.69, 9.17) is 0 Å². The lowest BCUT2D eigenvalue weighted by atomic mass is 10.2. The number of hydrogen-bond donors (Lipinski definition) is 0. The maximum absolute atomic E-state index is 11.9. The molecule has 1 unspecified atom stereocenters. The second-order valence-corrected chi connectivity index (χ2v) is 2.25. The molecule has 0 bridgehead atoms. The van der Waals surface area contributed by atoms with Crippen molar-refractivity contribution in [2.75, 3.05) is 13.2 Å². The molecule has 12 heavy (non-hydrogen) atoms. The third-order valence-electron chi connectivity index (χ3n) is 1.31. The van der Waals surface area contributed by atoms with Gasteiger partial charge in [0, 0.05) is 0 Å². The Kier molecular flexibility index (Phi) is 2.54. The monoisotopic (exact) mass is 182 g/mol. The number of halogens is 4. The van der Waals surface area contributed by atoms with Gasteiger partial charge in [-0.15, -0.1) is 0 Å². The summed E-state index contributed by atoms with van der Waals surface area (Å²) in [5.41, 5.74) is 0. The van der Waals surface area contributed by atoms with Gasteiger partial charge in [0.1, 0.15) is 12.6 Å². The van der Waals surface area contributed by atoms with Gasteiger partial charge in [-0.1, -0.05) is 0 Å². The van der Waals surface area contributed by atoms with Crippen molar-refractivity contribution < 1.29 is 17.6 Å². The average Bonchev–Trinajstić information content (AvgIpc) is 2.35. The van der Waals surface area contributed by atoms with E-state index in [2.05, 4.69) is 5.10 Å². The molecule has 0 aromatic carbocycles. The van der Waals surface area contributed by atoms with Crippen LogP contribution in [-0.4, -0.2) is 30.6 Å². The van der Waals surface area contributed by atoms with E-state index >= 15 is 0 Å². The van der Waals surface area contributed by atoms with E-state index in [0.717, 1.165) is 11.6 Å². The van der Waals surface area contributed by atoms with E-state index in [9.17, 15) is 17.6 Å². The van der Waals surface area contributed by atoms with Gasteiger partial charge in [0.15, 0.2) is 0 Å². The minimum Gasteiger partial charge on any atom is -0.288 e. The maximum atomic E-state index is 11.9. The number of hydrogen-bond acceptors (Lipinski definition) is 2. The van der Waals surface area contributed by atoms with Crippen LogP contribution in [0.4, 0.5) is 17.6 Å². The van der Waals surface area contributed by atoms with Gasteiger partial charge in [0.05, 0.1) is 19.3 Å². The number of alkyl halides is 4. The zero-order valence-electron chi connectivity index (χ0n) is 5.98. The third kappa shape index (κ3) is 2.09. The van der Waals surface area contributed by atoms with Crippen molar-refractivity contribution in [1.29, 1.82) is 0 Å². The minimum atomic E-state index is -4.37. The lowest BCUT2D eigenvalue weighted by Crippen LogP contribution is -2.26. The predicted molar refractivity (Wildman–Crippen MR) is 34.0 cm³/mol. The summed E-state index contributed by atoms with van der Waals surface area (Å²) in [5.74, 6) is -1.79. The molecule has 6 heteroatoms. The maximum Gasteiger partial charge on any atom is 0.399 e. The zero-order chi connectivity index (χ0) is 9.19. The fraction of sp³-hybridized carbons (Fsp3) is 0.667. The van der Waals surface area contributed by atoms with Gasteiger partial charge in [-0.05, 0) is 0 Å². The van der Waals surface area contributed by atoms with Gasteiger partial charge in [0.2, 0.25) is 0 Å². The van der Waals surface area contributed by atoms with E-state index in [1.807, 2.05) is 6.21 Å². The lowest BCUT2D eigenvalue weighted by Gasteiger charge is -2.14. The molecule has 0 aromatic rings. The van der Waals surface area contributed by atoms with Crippen LogP contribution in [0, 0.1) is 12.5 Å². The molecule has 0 amide bonds. The minimum absolute atomic E-state index is 0.153. The predicted octanol–water partition coefficient (Wildman–Crippen LogP) is 1.47. The van der Waals surface area contributed by atoms with Gasteiger partial charge in [-0.25, -0.2) is 4.39 Å². The molecule has 0 aromatic heterocycles. The van der Waals surface area contributed by atoms with Crippen molar-refractivity contribution in [2.24, 2.45) is 11.0 Å². The molecule has 2 radical (unpaired) electrons. The largest absolute Gasteiger partial charge is 0.399 e. The van der Waals surface area contributed by atoms with Crippen molar-refractivity contribution in [3.05, 3.63) is 6.54 Å². The molecule has 68 valence electrons. The summed E-state index contributed by atoms with van der Waals surface area (Å²) >= 11 is 0. The molecular formula is C6H6F4N2. The van der Waals surface area contributed by atoms with Crippen molar-refractivity contribution in [3.8, 4) is 0 Å². The molecule has 0 fully saturated rings. The Labute approximate surface area is 66.8 Å². The van der Waals surface area contributed by atoms with Crippen molar-refractivity contribution in [1.82, 2.24) is 5.01 Å². The molecule has 0 aliphatic carbocycles. The second-order valence-electron chi connectivity index (χ2n) is 2.25. The van der Waals surface area contributed by atoms with Crippen LogP contribution in [0.1, 0.15) is 0 Å². The van der Waals surface area contributed by atoms with E-state index in [-0.39, 0.29) is 6.54 Å². The summed E-state index contributed by atoms with van der Waals surface area (Å²) in [6, 6.07) is 0. The smallest absolute Gasteiger partial charge is 0.288 e. The van der Waals surface area contributed by atoms with E-state index in [1.165, 1.54) is 0 Å². The van der Waals surface area contributed by atoms with Crippen LogP contribution < -0.4 is 0 Å². The van der Waals surface area contributed by atoms with E-state index in [1.54, 1.807) is 0 Å². The molecule has 1 heterocycles. The summed E-state index contributed by atoms with van der Waals surface area (Å²) in [7, 11) is 0. The fourth-order valence-electron chi connectivity index (χ4n) is 0.744. The standard InChI is InChI=1S/C6H6F4N2/c7-1-2-12-4-5(3-11-12)6(8,9)10/h4-5H,1-2H2. The number of rotatable bonds is 2. The van der Waals surface area contributed by atoms with Gasteiger partial charge in [-0.3, -0.25) is 5.01 Å². The van der Waals surface area contributed by atoms with Crippen molar-refractivity contribution >= 4 is 6.21 Å². The van der Waals surface area contributed by atoms with E-state index < -0.39 is 18.8 Å². The summed E-state index contributed by atoms with van der Waals surface area (Å²) in [6.07, 6.45) is -2.53. The fourth-order valence-corrected chi connectivity index (χ4v) is 0.744. The van der Waals surface area contributed by atoms with Crippen molar-refractivity contribution in [2.45, 2.75) is 6.18 Å². The number of hydrazone groups is 1. The highest BCUT2D eigenvalue weighted by Gasteiger charge is 2.42. The molecule has 0 saturated carbocycles. The van der Waals surface area contributed by atoms with Crippen LogP contribution in [-0.2, 0) is 0 Å². The Balaban J connectivity index is 2.42. The average molecular weight is 182 g/mol. The first-order chi connectivity index (χ1) is 5.54. The second kappa shape index (κ2) is 3.28. The normalized spacial score (nSPS) is 23.7. The molecule has 1 atom stereocenters. The van der Waals surface area contributed by atoms with Crippen LogP contribution in [0.5, 0.6) is 0 Å². The van der Waals surface area contributed by atoms with Crippen LogP contribution in [0.25, 0.3) is 0 Å². The summed E-state index contributed by atoms with van der Waals surface area (Å²) < 4.78 is 47.3. The SMILES string of the molecule is FCCN1[CH]C(C(F)(F)F)[C]=N1. The molecule has 0 N–H and O–H groups in total. The highest BCUT2D eigenvalue weighted by molar-refractivity contribution is 5.65. The molecule has 0 spiro atoms. The number of nitrogens with zero attached hydrogens (tertiary/aromatic N) is 2. The Bertz CT molecular complexity index is 177. The zero-order valence-corrected chi connectivity index (χ0v) is 5.98. The summed E-state index contributed by atoms with van der Waals surface area (Å²) in [5, 5.41) is 4.14. The Hall–Kier alpha value is -0.810. The molecular weight excluding hydrogens is 176 g/mol. The lowest BCUT2D eigenvalue weighted by molar-refractivity contribution is -0.148. The van der Waals surface area contributed by atoms with Gasteiger partial charge < -0.3 is 0 Å². The first-order valence-corrected chi connectivity index (χ1v) is 3.24. The molecule has 0 saturated heterocycles.